The SMILES string of the molecule is O[C@H]1CC[C@@H](Cl)[C@H]2CCCC[C@@H]21. The number of hydrogen-bond donors (Lipinski definition) is 1. The highest BCUT2D eigenvalue weighted by molar-refractivity contribution is 6.20. The van der Waals surface area contributed by atoms with Crippen molar-refractivity contribution in [2.24, 2.45) is 11.8 Å². The molecule has 2 rings (SSSR count). The topological polar surface area (TPSA) is 20.2 Å². The molecule has 2 aliphatic rings. The summed E-state index contributed by atoms with van der Waals surface area (Å²) in [5, 5.41) is 10.1. The van der Waals surface area contributed by atoms with E-state index >= 15 is 0 Å². The van der Waals surface area contributed by atoms with Crippen LogP contribution in [0.4, 0.5) is 0 Å². The van der Waals surface area contributed by atoms with Crippen LogP contribution >= 0.6 is 11.6 Å². The van der Waals surface area contributed by atoms with Crippen molar-refractivity contribution in [2.45, 2.75) is 50.0 Å². The van der Waals surface area contributed by atoms with Crippen LogP contribution in [0.2, 0.25) is 0 Å². The summed E-state index contributed by atoms with van der Waals surface area (Å²) in [4.78, 5) is 0. The van der Waals surface area contributed by atoms with Crippen LogP contribution in [0.1, 0.15) is 38.5 Å². The van der Waals surface area contributed by atoms with Gasteiger partial charge >= 0.3 is 0 Å². The number of halogens is 1. The van der Waals surface area contributed by atoms with E-state index in [0.717, 1.165) is 12.8 Å². The maximum Gasteiger partial charge on any atom is 0.0572 e. The molecule has 2 heteroatoms. The summed E-state index contributed by atoms with van der Waals surface area (Å²) in [7, 11) is 0. The van der Waals surface area contributed by atoms with Crippen molar-refractivity contribution in [3.8, 4) is 0 Å². The molecule has 0 spiro atoms. The average molecular weight is 189 g/mol. The molecule has 0 saturated heterocycles. The van der Waals surface area contributed by atoms with Crippen molar-refractivity contribution < 1.29 is 5.11 Å². The molecule has 0 aliphatic heterocycles. The lowest BCUT2D eigenvalue weighted by Gasteiger charge is -2.41. The Balaban J connectivity index is 2.05. The van der Waals surface area contributed by atoms with Crippen molar-refractivity contribution in [3.63, 3.8) is 0 Å². The number of fused-ring (bicyclic) bond motifs is 1. The summed E-state index contributed by atoms with van der Waals surface area (Å²) in [6, 6.07) is 0. The Kier molecular flexibility index (Phi) is 2.61. The van der Waals surface area contributed by atoms with Gasteiger partial charge < -0.3 is 5.11 Å². The van der Waals surface area contributed by atoms with Crippen LogP contribution in [0.15, 0.2) is 0 Å². The molecular formula is C10H17ClO. The molecule has 1 nitrogen and oxygen atoms in total. The molecule has 2 aliphatic carbocycles. The normalized spacial score (nSPS) is 48.5. The van der Waals surface area contributed by atoms with Crippen LogP contribution in [0.3, 0.4) is 0 Å². The largest absolute Gasteiger partial charge is 0.393 e. The fourth-order valence-corrected chi connectivity index (χ4v) is 3.31. The number of hydrogen-bond acceptors (Lipinski definition) is 1. The highest BCUT2D eigenvalue weighted by atomic mass is 35.5. The van der Waals surface area contributed by atoms with E-state index in [2.05, 4.69) is 0 Å². The minimum Gasteiger partial charge on any atom is -0.393 e. The Morgan fingerprint density at radius 1 is 0.917 bits per heavy atom. The number of aliphatic hydroxyl groups is 1. The highest BCUT2D eigenvalue weighted by Crippen LogP contribution is 2.42. The molecule has 0 radical (unpaired) electrons. The van der Waals surface area contributed by atoms with Gasteiger partial charge in [-0.25, -0.2) is 0 Å². The molecule has 0 aromatic rings. The molecule has 70 valence electrons. The maximum absolute atomic E-state index is 9.76. The van der Waals surface area contributed by atoms with Crippen LogP contribution in [0.5, 0.6) is 0 Å². The first-order valence-electron chi connectivity index (χ1n) is 5.11. The average Bonchev–Trinajstić information content (AvgIpc) is 2.12. The van der Waals surface area contributed by atoms with Crippen molar-refractivity contribution >= 4 is 11.6 Å². The smallest absolute Gasteiger partial charge is 0.0572 e. The first-order chi connectivity index (χ1) is 5.79. The van der Waals surface area contributed by atoms with E-state index in [1.807, 2.05) is 0 Å². The highest BCUT2D eigenvalue weighted by Gasteiger charge is 2.38. The maximum atomic E-state index is 9.76. The van der Waals surface area contributed by atoms with E-state index in [1.54, 1.807) is 0 Å². The van der Waals surface area contributed by atoms with E-state index < -0.39 is 0 Å². The van der Waals surface area contributed by atoms with E-state index in [9.17, 15) is 5.11 Å². The molecule has 2 saturated carbocycles. The van der Waals surface area contributed by atoms with Crippen molar-refractivity contribution in [1.29, 1.82) is 0 Å². The van der Waals surface area contributed by atoms with Gasteiger partial charge in [-0.1, -0.05) is 12.8 Å². The Hall–Kier alpha value is 0.250. The molecule has 0 amide bonds. The molecular weight excluding hydrogens is 172 g/mol. The van der Waals surface area contributed by atoms with Crippen LogP contribution in [0.25, 0.3) is 0 Å². The lowest BCUT2D eigenvalue weighted by molar-refractivity contribution is 0.0127. The summed E-state index contributed by atoms with van der Waals surface area (Å²) in [5.74, 6) is 1.14. The Morgan fingerprint density at radius 3 is 2.25 bits per heavy atom. The van der Waals surface area contributed by atoms with Crippen LogP contribution in [-0.4, -0.2) is 16.6 Å². The zero-order valence-electron chi connectivity index (χ0n) is 7.38. The monoisotopic (exact) mass is 188 g/mol. The fraction of sp³-hybridized carbons (Fsp3) is 1.00. The first-order valence-corrected chi connectivity index (χ1v) is 5.55. The third-order valence-electron chi connectivity index (χ3n) is 3.57. The standard InChI is InChI=1S/C10H17ClO/c11-9-5-6-10(12)8-4-2-1-3-7(8)9/h7-10,12H,1-6H2/t7-,8-,9+,10-/m0/s1. The third kappa shape index (κ3) is 1.49. The minimum atomic E-state index is -0.0506. The van der Waals surface area contributed by atoms with Gasteiger partial charge in [-0.05, 0) is 37.5 Å². The van der Waals surface area contributed by atoms with Gasteiger partial charge in [0.15, 0.2) is 0 Å². The molecule has 0 bridgehead atoms. The number of rotatable bonds is 0. The molecule has 0 heterocycles. The van der Waals surface area contributed by atoms with E-state index in [1.165, 1.54) is 25.7 Å². The van der Waals surface area contributed by atoms with Gasteiger partial charge in [0.25, 0.3) is 0 Å². The molecule has 2 fully saturated rings. The van der Waals surface area contributed by atoms with Crippen LogP contribution in [-0.2, 0) is 0 Å². The van der Waals surface area contributed by atoms with Gasteiger partial charge in [-0.2, -0.15) is 0 Å². The second-order valence-electron chi connectivity index (χ2n) is 4.27. The summed E-state index contributed by atoms with van der Waals surface area (Å²) >= 11 is 6.24. The van der Waals surface area contributed by atoms with Crippen LogP contribution < -0.4 is 0 Å². The zero-order valence-corrected chi connectivity index (χ0v) is 8.13. The molecule has 12 heavy (non-hydrogen) atoms. The van der Waals surface area contributed by atoms with Crippen molar-refractivity contribution in [2.75, 3.05) is 0 Å². The minimum absolute atomic E-state index is 0.0506. The van der Waals surface area contributed by atoms with Crippen LogP contribution in [0, 0.1) is 11.8 Å². The van der Waals surface area contributed by atoms with Crippen molar-refractivity contribution in [1.82, 2.24) is 0 Å². The summed E-state index contributed by atoms with van der Waals surface area (Å²) in [6.45, 7) is 0. The summed E-state index contributed by atoms with van der Waals surface area (Å²) in [5.41, 5.74) is 0. The number of alkyl halides is 1. The second-order valence-corrected chi connectivity index (χ2v) is 4.83. The third-order valence-corrected chi connectivity index (χ3v) is 4.11. The van der Waals surface area contributed by atoms with Gasteiger partial charge in [-0.3, -0.25) is 0 Å². The first kappa shape index (κ1) is 8.83. The molecule has 1 N–H and O–H groups in total. The fourth-order valence-electron chi connectivity index (χ4n) is 2.87. The van der Waals surface area contributed by atoms with E-state index in [0.29, 0.717) is 17.2 Å². The lowest BCUT2D eigenvalue weighted by atomic mass is 9.69. The lowest BCUT2D eigenvalue weighted by Crippen LogP contribution is -2.40. The van der Waals surface area contributed by atoms with Gasteiger partial charge in [0.2, 0.25) is 0 Å². The van der Waals surface area contributed by atoms with Gasteiger partial charge in [0.1, 0.15) is 0 Å². The van der Waals surface area contributed by atoms with Gasteiger partial charge in [0.05, 0.1) is 6.10 Å². The Morgan fingerprint density at radius 2 is 1.58 bits per heavy atom. The van der Waals surface area contributed by atoms with E-state index in [-0.39, 0.29) is 6.10 Å². The van der Waals surface area contributed by atoms with E-state index in [4.69, 9.17) is 11.6 Å². The molecule has 4 atom stereocenters. The van der Waals surface area contributed by atoms with Gasteiger partial charge in [0, 0.05) is 5.38 Å². The number of aliphatic hydroxyl groups excluding tert-OH is 1. The molecule has 0 unspecified atom stereocenters. The second kappa shape index (κ2) is 3.55. The Bertz CT molecular complexity index is 142. The predicted molar refractivity (Wildman–Crippen MR) is 50.3 cm³/mol. The summed E-state index contributed by atoms with van der Waals surface area (Å²) in [6.07, 6.45) is 6.95. The predicted octanol–water partition coefficient (Wildman–Crippen LogP) is 2.55. The van der Waals surface area contributed by atoms with Crippen molar-refractivity contribution in [3.05, 3.63) is 0 Å². The zero-order chi connectivity index (χ0) is 8.55. The quantitative estimate of drug-likeness (QED) is 0.580. The summed E-state index contributed by atoms with van der Waals surface area (Å²) < 4.78 is 0. The molecule has 0 aromatic carbocycles. The Labute approximate surface area is 79.1 Å². The van der Waals surface area contributed by atoms with Gasteiger partial charge in [-0.15, -0.1) is 11.6 Å². The molecule has 0 aromatic heterocycles.